The van der Waals surface area contributed by atoms with Crippen LogP contribution in [0.3, 0.4) is 0 Å². The summed E-state index contributed by atoms with van der Waals surface area (Å²) in [5.41, 5.74) is 9.90. The van der Waals surface area contributed by atoms with Gasteiger partial charge >= 0.3 is 0 Å². The van der Waals surface area contributed by atoms with Gasteiger partial charge in [0.15, 0.2) is 17.5 Å². The number of nitrogens with zero attached hydrogens (tertiary/aromatic N) is 5. The SMILES string of the molecule is c1ccc(-c2nc(-c3ccccc3)nc(-c3ccc(-n4c5ccccc5c5cc6c(cc54)c4ccccc4c4cc5ccccc5n46)cc3)n2)cc1. The molecular formula is C47H29N5. The van der Waals surface area contributed by atoms with E-state index < -0.39 is 0 Å². The van der Waals surface area contributed by atoms with Crippen LogP contribution in [0, 0.1) is 0 Å². The largest absolute Gasteiger partial charge is 0.309 e. The second-order valence-electron chi connectivity index (χ2n) is 13.3. The Morgan fingerprint density at radius 1 is 0.308 bits per heavy atom. The van der Waals surface area contributed by atoms with Crippen molar-refractivity contribution in [1.29, 1.82) is 0 Å². The molecule has 0 aliphatic carbocycles. The number of fused-ring (bicyclic) bond motifs is 11. The zero-order chi connectivity index (χ0) is 34.2. The summed E-state index contributed by atoms with van der Waals surface area (Å²) in [5.74, 6) is 1.95. The summed E-state index contributed by atoms with van der Waals surface area (Å²) in [6.07, 6.45) is 0. The maximum atomic E-state index is 4.97. The number of aromatic nitrogens is 5. The molecule has 0 unspecified atom stereocenters. The lowest BCUT2D eigenvalue weighted by atomic mass is 10.0. The van der Waals surface area contributed by atoms with Crippen molar-refractivity contribution in [3.63, 3.8) is 0 Å². The minimum Gasteiger partial charge on any atom is -0.309 e. The highest BCUT2D eigenvalue weighted by molar-refractivity contribution is 6.21. The number of benzene rings is 7. The van der Waals surface area contributed by atoms with Crippen molar-refractivity contribution < 1.29 is 0 Å². The van der Waals surface area contributed by atoms with Crippen molar-refractivity contribution in [2.45, 2.75) is 0 Å². The first-order valence-corrected chi connectivity index (χ1v) is 17.5. The molecule has 0 fully saturated rings. The van der Waals surface area contributed by atoms with Gasteiger partial charge in [0, 0.05) is 49.3 Å². The molecule has 7 aromatic carbocycles. The van der Waals surface area contributed by atoms with Crippen molar-refractivity contribution in [1.82, 2.24) is 23.9 Å². The van der Waals surface area contributed by atoms with Gasteiger partial charge in [-0.25, -0.2) is 15.0 Å². The highest BCUT2D eigenvalue weighted by atomic mass is 15.0. The van der Waals surface area contributed by atoms with Crippen LogP contribution in [0.15, 0.2) is 176 Å². The van der Waals surface area contributed by atoms with Crippen LogP contribution >= 0.6 is 0 Å². The molecule has 0 spiro atoms. The summed E-state index contributed by atoms with van der Waals surface area (Å²) in [6, 6.07) is 62.1. The molecule has 5 nitrogen and oxygen atoms in total. The summed E-state index contributed by atoms with van der Waals surface area (Å²) in [4.78, 5) is 14.8. The summed E-state index contributed by atoms with van der Waals surface area (Å²) in [7, 11) is 0. The molecule has 4 aromatic heterocycles. The zero-order valence-electron chi connectivity index (χ0n) is 28.0. The predicted molar refractivity (Wildman–Crippen MR) is 214 cm³/mol. The minimum atomic E-state index is 0.641. The van der Waals surface area contributed by atoms with E-state index in [0.29, 0.717) is 17.5 Å². The van der Waals surface area contributed by atoms with Crippen LogP contribution in [-0.4, -0.2) is 23.9 Å². The monoisotopic (exact) mass is 663 g/mol. The lowest BCUT2D eigenvalue weighted by Crippen LogP contribution is -2.00. The van der Waals surface area contributed by atoms with E-state index in [9.17, 15) is 0 Å². The van der Waals surface area contributed by atoms with Crippen molar-refractivity contribution in [3.05, 3.63) is 176 Å². The van der Waals surface area contributed by atoms with E-state index in [1.165, 1.54) is 54.4 Å². The highest BCUT2D eigenvalue weighted by Gasteiger charge is 2.18. The Hall–Kier alpha value is -7.11. The van der Waals surface area contributed by atoms with E-state index in [1.54, 1.807) is 0 Å². The van der Waals surface area contributed by atoms with E-state index in [1.807, 2.05) is 60.7 Å². The van der Waals surface area contributed by atoms with Gasteiger partial charge in [0.2, 0.25) is 0 Å². The first-order valence-electron chi connectivity index (χ1n) is 17.5. The fourth-order valence-electron chi connectivity index (χ4n) is 7.93. The van der Waals surface area contributed by atoms with Crippen molar-refractivity contribution in [2.75, 3.05) is 0 Å². The first-order chi connectivity index (χ1) is 25.8. The van der Waals surface area contributed by atoms with Gasteiger partial charge in [0.25, 0.3) is 0 Å². The van der Waals surface area contributed by atoms with Crippen LogP contribution in [0.5, 0.6) is 0 Å². The number of pyridine rings is 1. The highest BCUT2D eigenvalue weighted by Crippen LogP contribution is 2.40. The lowest BCUT2D eigenvalue weighted by molar-refractivity contribution is 1.07. The van der Waals surface area contributed by atoms with E-state index in [0.717, 1.165) is 27.9 Å². The van der Waals surface area contributed by atoms with Crippen LogP contribution in [0.25, 0.3) is 99.8 Å². The van der Waals surface area contributed by atoms with Crippen LogP contribution in [-0.2, 0) is 0 Å². The Labute approximate surface area is 298 Å². The maximum absolute atomic E-state index is 4.97. The molecule has 0 radical (unpaired) electrons. The van der Waals surface area contributed by atoms with E-state index >= 15 is 0 Å². The van der Waals surface area contributed by atoms with E-state index in [4.69, 9.17) is 15.0 Å². The molecule has 5 heteroatoms. The second-order valence-corrected chi connectivity index (χ2v) is 13.3. The molecular weight excluding hydrogens is 635 g/mol. The van der Waals surface area contributed by atoms with Gasteiger partial charge in [-0.3, -0.25) is 0 Å². The minimum absolute atomic E-state index is 0.641. The summed E-state index contributed by atoms with van der Waals surface area (Å²) in [6.45, 7) is 0. The number of hydrogen-bond acceptors (Lipinski definition) is 3. The Morgan fingerprint density at radius 2 is 0.769 bits per heavy atom. The normalized spacial score (nSPS) is 11.8. The molecule has 0 aliphatic rings. The van der Waals surface area contributed by atoms with Gasteiger partial charge in [-0.05, 0) is 60.0 Å². The lowest BCUT2D eigenvalue weighted by Gasteiger charge is -2.13. The Bertz CT molecular complexity index is 3100. The second kappa shape index (κ2) is 11.2. The summed E-state index contributed by atoms with van der Waals surface area (Å²) < 4.78 is 4.83. The van der Waals surface area contributed by atoms with Gasteiger partial charge < -0.3 is 8.97 Å². The van der Waals surface area contributed by atoms with Crippen molar-refractivity contribution in [3.8, 4) is 39.9 Å². The molecule has 0 N–H and O–H groups in total. The zero-order valence-corrected chi connectivity index (χ0v) is 28.0. The molecule has 11 aromatic rings. The van der Waals surface area contributed by atoms with Gasteiger partial charge in [0.05, 0.1) is 27.6 Å². The van der Waals surface area contributed by atoms with Gasteiger partial charge in [-0.15, -0.1) is 0 Å². The topological polar surface area (TPSA) is 48.0 Å². The average molecular weight is 664 g/mol. The first kappa shape index (κ1) is 28.7. The summed E-state index contributed by atoms with van der Waals surface area (Å²) in [5, 5.41) is 7.41. The Kier molecular flexibility index (Phi) is 6.18. The van der Waals surface area contributed by atoms with E-state index in [-0.39, 0.29) is 0 Å². The predicted octanol–water partition coefficient (Wildman–Crippen LogP) is 11.7. The van der Waals surface area contributed by atoms with Crippen LogP contribution in [0.4, 0.5) is 0 Å². The van der Waals surface area contributed by atoms with Crippen molar-refractivity contribution in [2.24, 2.45) is 0 Å². The Morgan fingerprint density at radius 3 is 1.42 bits per heavy atom. The number of para-hydroxylation sites is 2. The molecule has 0 amide bonds. The van der Waals surface area contributed by atoms with Crippen molar-refractivity contribution >= 4 is 59.9 Å². The molecule has 0 saturated heterocycles. The van der Waals surface area contributed by atoms with Crippen LogP contribution in [0.1, 0.15) is 0 Å². The quantitative estimate of drug-likeness (QED) is 0.176. The van der Waals surface area contributed by atoms with Crippen LogP contribution < -0.4 is 0 Å². The number of hydrogen-bond donors (Lipinski definition) is 0. The smallest absolute Gasteiger partial charge is 0.164 e. The maximum Gasteiger partial charge on any atom is 0.164 e. The fraction of sp³-hybridized carbons (Fsp3) is 0. The third kappa shape index (κ3) is 4.33. The molecule has 52 heavy (non-hydrogen) atoms. The fourth-order valence-corrected chi connectivity index (χ4v) is 7.93. The number of rotatable bonds is 4. The van der Waals surface area contributed by atoms with Crippen LogP contribution in [0.2, 0.25) is 0 Å². The third-order valence-corrected chi connectivity index (χ3v) is 10.3. The van der Waals surface area contributed by atoms with E-state index in [2.05, 4.69) is 124 Å². The molecule has 11 rings (SSSR count). The molecule has 242 valence electrons. The van der Waals surface area contributed by atoms with Gasteiger partial charge in [-0.1, -0.05) is 121 Å². The standard InChI is InChI=1S/C47H29N5/c1-3-13-30(14-4-1)45-48-46(31-15-5-2-6-16-31)50-47(49-45)32-23-25-34(26-24-32)51-41-22-12-10-20-37(41)39-29-44-38(28-43(39)51)35-18-8-9-19-36(35)42-27-33-17-7-11-21-40(33)52(42)44/h1-29H. The average Bonchev–Trinajstić information content (AvgIpc) is 3.77. The Balaban J connectivity index is 1.13. The summed E-state index contributed by atoms with van der Waals surface area (Å²) >= 11 is 0. The molecule has 4 heterocycles. The van der Waals surface area contributed by atoms with Gasteiger partial charge in [-0.2, -0.15) is 0 Å². The molecule has 0 bridgehead atoms. The molecule has 0 aliphatic heterocycles. The third-order valence-electron chi connectivity index (χ3n) is 10.3. The van der Waals surface area contributed by atoms with Gasteiger partial charge in [0.1, 0.15) is 0 Å². The molecule has 0 atom stereocenters. The molecule has 0 saturated carbocycles.